The number of hydrogen-bond donors (Lipinski definition) is 4. The molecule has 1 aromatic heterocycles. The van der Waals surface area contributed by atoms with Crippen molar-refractivity contribution in [2.75, 3.05) is 39.3 Å². The van der Waals surface area contributed by atoms with Gasteiger partial charge < -0.3 is 20.9 Å². The summed E-state index contributed by atoms with van der Waals surface area (Å²) >= 11 is 0. The zero-order valence-corrected chi connectivity index (χ0v) is 18.3. The van der Waals surface area contributed by atoms with Gasteiger partial charge in [-0.15, -0.1) is 13.2 Å². The lowest BCUT2D eigenvalue weighted by Crippen LogP contribution is -2.50. The average Bonchev–Trinajstić information content (AvgIpc) is 3.16. The van der Waals surface area contributed by atoms with Crippen LogP contribution in [0.3, 0.4) is 0 Å². The van der Waals surface area contributed by atoms with E-state index in [1.165, 1.54) is 0 Å². The number of H-pyrrole nitrogens is 1. The van der Waals surface area contributed by atoms with Gasteiger partial charge in [0, 0.05) is 55.9 Å². The molecule has 1 fully saturated rings. The number of aromatic amines is 1. The molecular weight excluding hydrogens is 439 g/mol. The summed E-state index contributed by atoms with van der Waals surface area (Å²) in [4.78, 5) is 23.0. The minimum Gasteiger partial charge on any atom is -0.379 e. The second-order valence-electron chi connectivity index (χ2n) is 7.88. The molecule has 1 aliphatic rings. The number of carbonyl (C=O) groups is 1. The van der Waals surface area contributed by atoms with Crippen molar-refractivity contribution in [2.45, 2.75) is 25.7 Å². The van der Waals surface area contributed by atoms with E-state index >= 15 is 0 Å². The maximum Gasteiger partial charge on any atom is 0.522 e. The molecule has 0 aliphatic carbocycles. The third-order valence-electron chi connectivity index (χ3n) is 5.38. The van der Waals surface area contributed by atoms with Gasteiger partial charge >= 0.3 is 6.36 Å². The maximum atomic E-state index is 12.4. The largest absolute Gasteiger partial charge is 0.522 e. The van der Waals surface area contributed by atoms with Crippen molar-refractivity contribution < 1.29 is 22.7 Å². The highest BCUT2D eigenvalue weighted by Gasteiger charge is 2.29. The van der Waals surface area contributed by atoms with Crippen molar-refractivity contribution in [1.29, 1.82) is 5.41 Å². The predicted molar refractivity (Wildman–Crippen MR) is 119 cm³/mol. The second kappa shape index (κ2) is 10.7. The quantitative estimate of drug-likeness (QED) is 0.380. The number of amidine groups is 1. The molecule has 1 amide bonds. The third-order valence-corrected chi connectivity index (χ3v) is 5.38. The van der Waals surface area contributed by atoms with Crippen molar-refractivity contribution in [1.82, 2.24) is 20.1 Å². The first kappa shape index (κ1) is 24.5. The van der Waals surface area contributed by atoms with E-state index in [2.05, 4.69) is 20.0 Å². The number of ether oxygens (including phenoxy) is 1. The highest BCUT2D eigenvalue weighted by molar-refractivity contribution is 6.38. The number of aromatic nitrogens is 1. The topological polar surface area (TPSA) is 123 Å². The van der Waals surface area contributed by atoms with Crippen molar-refractivity contribution in [3.05, 3.63) is 36.0 Å². The number of fused-ring (bicyclic) bond motifs is 1. The molecule has 12 heteroatoms. The van der Waals surface area contributed by atoms with Crippen molar-refractivity contribution >= 4 is 28.6 Å². The molecule has 3 rings (SSSR count). The van der Waals surface area contributed by atoms with Crippen LogP contribution in [-0.2, 0) is 16.0 Å². The van der Waals surface area contributed by atoms with Crippen LogP contribution in [0.2, 0.25) is 0 Å². The lowest BCUT2D eigenvalue weighted by atomic mass is 10.1. The number of nitrogens with zero attached hydrogens (tertiary/aromatic N) is 3. The number of alkyl halides is 3. The SMILES string of the molecule is CC(Cc1c[nH]c2ccccc12)NC(=O)C(N)=NC(=N)N1CCN(CCOC(F)(F)F)CC1. The zero-order chi connectivity index (χ0) is 24.0. The summed E-state index contributed by atoms with van der Waals surface area (Å²) < 4.78 is 40.0. The molecule has 0 saturated carbocycles. The summed E-state index contributed by atoms with van der Waals surface area (Å²) in [5, 5.41) is 12.0. The van der Waals surface area contributed by atoms with Gasteiger partial charge in [0.05, 0.1) is 6.61 Å². The molecule has 9 nitrogen and oxygen atoms in total. The van der Waals surface area contributed by atoms with Crippen LogP contribution >= 0.6 is 0 Å². The molecule has 0 bridgehead atoms. The van der Waals surface area contributed by atoms with Gasteiger partial charge in [0.1, 0.15) is 0 Å². The first-order valence-electron chi connectivity index (χ1n) is 10.6. The first-order chi connectivity index (χ1) is 15.6. The smallest absolute Gasteiger partial charge is 0.379 e. The van der Waals surface area contributed by atoms with E-state index in [0.29, 0.717) is 32.6 Å². The molecule has 0 spiro atoms. The molecule has 33 heavy (non-hydrogen) atoms. The Hall–Kier alpha value is -3.12. The molecule has 1 aromatic carbocycles. The molecule has 1 saturated heterocycles. The molecule has 2 heterocycles. The van der Waals surface area contributed by atoms with E-state index < -0.39 is 18.9 Å². The number of carbonyl (C=O) groups excluding carboxylic acids is 1. The number of guanidine groups is 1. The highest BCUT2D eigenvalue weighted by Crippen LogP contribution is 2.19. The van der Waals surface area contributed by atoms with Gasteiger partial charge in [-0.05, 0) is 25.0 Å². The fourth-order valence-electron chi connectivity index (χ4n) is 3.69. The molecular formula is C21H28F3N7O2. The number of nitrogens with two attached hydrogens (primary N) is 1. The number of nitrogens with one attached hydrogen (secondary N) is 3. The number of rotatable bonds is 6. The maximum absolute atomic E-state index is 12.4. The molecule has 0 radical (unpaired) electrons. The lowest BCUT2D eigenvalue weighted by Gasteiger charge is -2.34. The summed E-state index contributed by atoms with van der Waals surface area (Å²) in [6, 6.07) is 7.68. The predicted octanol–water partition coefficient (Wildman–Crippen LogP) is 1.66. The van der Waals surface area contributed by atoms with E-state index in [9.17, 15) is 18.0 Å². The van der Waals surface area contributed by atoms with Gasteiger partial charge in [0.15, 0.2) is 5.84 Å². The Morgan fingerprint density at radius 1 is 1.30 bits per heavy atom. The minimum atomic E-state index is -4.64. The summed E-state index contributed by atoms with van der Waals surface area (Å²) in [7, 11) is 0. The normalized spacial score (nSPS) is 16.7. The van der Waals surface area contributed by atoms with Gasteiger partial charge in [-0.1, -0.05) is 18.2 Å². The molecule has 5 N–H and O–H groups in total. The van der Waals surface area contributed by atoms with E-state index in [1.807, 2.05) is 42.3 Å². The lowest BCUT2D eigenvalue weighted by molar-refractivity contribution is -0.325. The van der Waals surface area contributed by atoms with Gasteiger partial charge in [-0.25, -0.2) is 0 Å². The summed E-state index contributed by atoms with van der Waals surface area (Å²) in [5.74, 6) is -1.03. The Labute approximate surface area is 189 Å². The Morgan fingerprint density at radius 2 is 2.00 bits per heavy atom. The van der Waals surface area contributed by atoms with Crippen molar-refractivity contribution in [3.8, 4) is 0 Å². The number of piperazine rings is 1. The van der Waals surface area contributed by atoms with Gasteiger partial charge in [0.2, 0.25) is 5.96 Å². The van der Waals surface area contributed by atoms with Gasteiger partial charge in [-0.2, -0.15) is 4.99 Å². The molecule has 1 unspecified atom stereocenters. The van der Waals surface area contributed by atoms with Crippen LogP contribution in [0, 0.1) is 5.41 Å². The second-order valence-corrected chi connectivity index (χ2v) is 7.88. The Bertz CT molecular complexity index is 997. The number of amides is 1. The molecule has 1 aliphatic heterocycles. The Kier molecular flexibility index (Phi) is 7.92. The number of aliphatic imine (C=N–C) groups is 1. The van der Waals surface area contributed by atoms with Crippen molar-refractivity contribution in [2.24, 2.45) is 10.7 Å². The van der Waals surface area contributed by atoms with Crippen LogP contribution in [0.1, 0.15) is 12.5 Å². The molecule has 180 valence electrons. The molecule has 2 aromatic rings. The van der Waals surface area contributed by atoms with E-state index in [4.69, 9.17) is 11.1 Å². The van der Waals surface area contributed by atoms with E-state index in [0.717, 1.165) is 16.5 Å². The molecule has 1 atom stereocenters. The van der Waals surface area contributed by atoms with Gasteiger partial charge in [0.25, 0.3) is 5.91 Å². The highest BCUT2D eigenvalue weighted by atomic mass is 19.4. The monoisotopic (exact) mass is 467 g/mol. The summed E-state index contributed by atoms with van der Waals surface area (Å²) in [5.41, 5.74) is 7.89. The standard InChI is InChI=1S/C21H28F3N7O2/c1-14(12-15-13-27-17-5-3-2-4-16(15)17)28-19(32)18(25)29-20(26)31-8-6-30(7-9-31)10-11-33-21(22,23)24/h2-5,13-14,27H,6-12H2,1H3,(H,28,32)(H3,25,26,29). The summed E-state index contributed by atoms with van der Waals surface area (Å²) in [6.45, 7) is 3.24. The Balaban J connectivity index is 1.44. The van der Waals surface area contributed by atoms with Crippen LogP contribution in [0.15, 0.2) is 35.5 Å². The fourth-order valence-corrected chi connectivity index (χ4v) is 3.69. The van der Waals surface area contributed by atoms with Crippen LogP contribution < -0.4 is 11.1 Å². The number of hydrogen-bond acceptors (Lipinski definition) is 4. The minimum absolute atomic E-state index is 0.142. The van der Waals surface area contributed by atoms with Crippen LogP contribution in [-0.4, -0.2) is 84.2 Å². The van der Waals surface area contributed by atoms with Crippen LogP contribution in [0.5, 0.6) is 0 Å². The summed E-state index contributed by atoms with van der Waals surface area (Å²) in [6.07, 6.45) is -2.13. The van der Waals surface area contributed by atoms with Crippen LogP contribution in [0.25, 0.3) is 10.9 Å². The average molecular weight is 467 g/mol. The van der Waals surface area contributed by atoms with Gasteiger partial charge in [-0.3, -0.25) is 19.8 Å². The third kappa shape index (κ3) is 7.19. The van der Waals surface area contributed by atoms with E-state index in [1.54, 1.807) is 4.90 Å². The van der Waals surface area contributed by atoms with E-state index in [-0.39, 0.29) is 24.4 Å². The Morgan fingerprint density at radius 3 is 2.70 bits per heavy atom. The number of para-hydroxylation sites is 1. The first-order valence-corrected chi connectivity index (χ1v) is 10.6. The van der Waals surface area contributed by atoms with Crippen LogP contribution in [0.4, 0.5) is 13.2 Å². The zero-order valence-electron chi connectivity index (χ0n) is 18.3. The number of halogens is 3. The fraction of sp³-hybridized carbons (Fsp3) is 0.476. The number of benzene rings is 1. The van der Waals surface area contributed by atoms with Crippen molar-refractivity contribution in [3.63, 3.8) is 0 Å².